The van der Waals surface area contributed by atoms with E-state index in [1.807, 2.05) is 48.5 Å². The molecule has 6 nitrogen and oxygen atoms in total. The summed E-state index contributed by atoms with van der Waals surface area (Å²) >= 11 is 0. The van der Waals surface area contributed by atoms with Crippen LogP contribution >= 0.6 is 0 Å². The highest BCUT2D eigenvalue weighted by atomic mass is 16.6. The zero-order valence-electron chi connectivity index (χ0n) is 21.0. The highest BCUT2D eigenvalue weighted by Crippen LogP contribution is 2.43. The Balaban J connectivity index is 1.48. The molecule has 0 amide bonds. The lowest BCUT2D eigenvalue weighted by Crippen LogP contribution is -2.21. The van der Waals surface area contributed by atoms with Gasteiger partial charge in [-0.15, -0.1) is 0 Å². The zero-order chi connectivity index (χ0) is 25.9. The molecule has 0 saturated heterocycles. The molecule has 2 N–H and O–H groups in total. The third-order valence-corrected chi connectivity index (χ3v) is 6.22. The predicted octanol–water partition coefficient (Wildman–Crippen LogP) is 5.75. The smallest absolute Gasteiger partial charge is 0.349 e. The van der Waals surface area contributed by atoms with Gasteiger partial charge in [0.05, 0.1) is 5.92 Å². The largest absolute Gasteiger partial charge is 0.482 e. The standard InChI is InChI=1S/C30H30N2O4/c1-5-19-6-8-20(9-7-19)28-24-15-14-23(16-26(24)36-29(32)25(28)17-31)35-27(33)18-34-22-12-10-21(11-13-22)30(2,3)4/h6-16,28H,5,18,32H2,1-4H3. The molecule has 184 valence electrons. The number of fused-ring (bicyclic) bond motifs is 1. The van der Waals surface area contributed by atoms with Crippen LogP contribution in [0.2, 0.25) is 0 Å². The first-order valence-electron chi connectivity index (χ1n) is 11.9. The van der Waals surface area contributed by atoms with E-state index in [9.17, 15) is 10.1 Å². The van der Waals surface area contributed by atoms with Gasteiger partial charge < -0.3 is 19.9 Å². The van der Waals surface area contributed by atoms with Crippen LogP contribution in [0.25, 0.3) is 0 Å². The average Bonchev–Trinajstić information content (AvgIpc) is 2.86. The van der Waals surface area contributed by atoms with Crippen LogP contribution in [0.3, 0.4) is 0 Å². The van der Waals surface area contributed by atoms with Gasteiger partial charge in [-0.2, -0.15) is 5.26 Å². The second-order valence-corrected chi connectivity index (χ2v) is 9.76. The molecule has 36 heavy (non-hydrogen) atoms. The van der Waals surface area contributed by atoms with E-state index in [1.165, 1.54) is 11.1 Å². The number of carbonyl (C=O) groups is 1. The normalized spacial score (nSPS) is 14.9. The zero-order valence-corrected chi connectivity index (χ0v) is 21.0. The van der Waals surface area contributed by atoms with Crippen molar-refractivity contribution in [2.24, 2.45) is 5.73 Å². The molecule has 1 unspecified atom stereocenters. The van der Waals surface area contributed by atoms with Crippen molar-refractivity contribution in [2.75, 3.05) is 6.61 Å². The van der Waals surface area contributed by atoms with Gasteiger partial charge in [0.15, 0.2) is 6.61 Å². The molecule has 1 atom stereocenters. The van der Waals surface area contributed by atoms with Crippen molar-refractivity contribution >= 4 is 5.97 Å². The van der Waals surface area contributed by atoms with E-state index < -0.39 is 5.97 Å². The second-order valence-electron chi connectivity index (χ2n) is 9.76. The van der Waals surface area contributed by atoms with Crippen molar-refractivity contribution in [3.63, 3.8) is 0 Å². The number of hydrogen-bond acceptors (Lipinski definition) is 6. The lowest BCUT2D eigenvalue weighted by Gasteiger charge is -2.26. The van der Waals surface area contributed by atoms with Gasteiger partial charge in [0.25, 0.3) is 0 Å². The minimum Gasteiger partial charge on any atom is -0.482 e. The molecule has 0 aliphatic carbocycles. The van der Waals surface area contributed by atoms with E-state index in [0.717, 1.165) is 17.5 Å². The maximum atomic E-state index is 12.4. The van der Waals surface area contributed by atoms with Crippen LogP contribution in [0, 0.1) is 11.3 Å². The van der Waals surface area contributed by atoms with Crippen molar-refractivity contribution < 1.29 is 19.0 Å². The van der Waals surface area contributed by atoms with Crippen LogP contribution in [0.5, 0.6) is 17.2 Å². The molecule has 3 aromatic rings. The molecule has 0 bridgehead atoms. The number of allylic oxidation sites excluding steroid dienone is 1. The van der Waals surface area contributed by atoms with Crippen molar-refractivity contribution in [1.82, 2.24) is 0 Å². The third-order valence-electron chi connectivity index (χ3n) is 6.22. The fourth-order valence-corrected chi connectivity index (χ4v) is 4.14. The number of nitriles is 1. The van der Waals surface area contributed by atoms with Gasteiger partial charge in [-0.3, -0.25) is 0 Å². The summed E-state index contributed by atoms with van der Waals surface area (Å²) < 4.78 is 16.8. The molecule has 4 rings (SSSR count). The lowest BCUT2D eigenvalue weighted by atomic mass is 9.83. The first-order chi connectivity index (χ1) is 17.2. The molecular weight excluding hydrogens is 452 g/mol. The van der Waals surface area contributed by atoms with Gasteiger partial charge in [0.1, 0.15) is 28.9 Å². The summed E-state index contributed by atoms with van der Waals surface area (Å²) in [4.78, 5) is 12.4. The highest BCUT2D eigenvalue weighted by molar-refractivity contribution is 5.74. The van der Waals surface area contributed by atoms with Gasteiger partial charge in [-0.1, -0.05) is 70.2 Å². The monoisotopic (exact) mass is 482 g/mol. The summed E-state index contributed by atoms with van der Waals surface area (Å²) in [5.74, 6) is 0.471. The van der Waals surface area contributed by atoms with Gasteiger partial charge in [-0.25, -0.2) is 4.79 Å². The number of aryl methyl sites for hydroxylation is 1. The average molecular weight is 483 g/mol. The summed E-state index contributed by atoms with van der Waals surface area (Å²) in [6.07, 6.45) is 0.925. The first kappa shape index (κ1) is 24.9. The number of carbonyl (C=O) groups excluding carboxylic acids is 1. The number of nitrogens with zero attached hydrogens (tertiary/aromatic N) is 1. The molecule has 1 heterocycles. The van der Waals surface area contributed by atoms with Crippen molar-refractivity contribution in [3.05, 3.63) is 100 Å². The molecule has 6 heteroatoms. The maximum absolute atomic E-state index is 12.4. The number of rotatable bonds is 6. The molecule has 0 saturated carbocycles. The Morgan fingerprint density at radius 3 is 2.31 bits per heavy atom. The number of ether oxygens (including phenoxy) is 3. The summed E-state index contributed by atoms with van der Waals surface area (Å²) in [5, 5.41) is 9.75. The van der Waals surface area contributed by atoms with Crippen LogP contribution in [0.1, 0.15) is 55.9 Å². The number of esters is 1. The quantitative estimate of drug-likeness (QED) is 0.355. The SMILES string of the molecule is CCc1ccc(C2C(C#N)=C(N)Oc3cc(OC(=O)COc4ccc(C(C)(C)C)cc4)ccc32)cc1. The minimum atomic E-state index is -0.543. The van der Waals surface area contributed by atoms with Crippen LogP contribution in [-0.4, -0.2) is 12.6 Å². The van der Waals surface area contributed by atoms with Gasteiger partial charge in [0, 0.05) is 11.6 Å². The summed E-state index contributed by atoms with van der Waals surface area (Å²) in [7, 11) is 0. The molecule has 0 radical (unpaired) electrons. The fraction of sp³-hybridized carbons (Fsp3) is 0.267. The molecule has 0 fully saturated rings. The molecule has 0 aromatic heterocycles. The Morgan fingerprint density at radius 1 is 1.03 bits per heavy atom. The number of hydrogen-bond donors (Lipinski definition) is 1. The van der Waals surface area contributed by atoms with Crippen LogP contribution in [0.15, 0.2) is 78.2 Å². The van der Waals surface area contributed by atoms with Crippen molar-refractivity contribution in [1.29, 1.82) is 5.26 Å². The highest BCUT2D eigenvalue weighted by Gasteiger charge is 2.31. The lowest BCUT2D eigenvalue weighted by molar-refractivity contribution is -0.136. The van der Waals surface area contributed by atoms with E-state index in [1.54, 1.807) is 18.2 Å². The summed E-state index contributed by atoms with van der Waals surface area (Å²) in [6.45, 7) is 8.26. The maximum Gasteiger partial charge on any atom is 0.349 e. The molecule has 1 aliphatic rings. The van der Waals surface area contributed by atoms with Gasteiger partial charge in [-0.05, 0) is 46.7 Å². The third kappa shape index (κ3) is 5.36. The van der Waals surface area contributed by atoms with Crippen LogP contribution in [0.4, 0.5) is 0 Å². The molecule has 3 aromatic carbocycles. The van der Waals surface area contributed by atoms with Crippen molar-refractivity contribution in [3.8, 4) is 23.3 Å². The molecule has 0 spiro atoms. The second kappa shape index (κ2) is 10.2. The molecular formula is C30H30N2O4. The Bertz CT molecular complexity index is 1330. The van der Waals surface area contributed by atoms with Crippen LogP contribution in [-0.2, 0) is 16.6 Å². The van der Waals surface area contributed by atoms with Crippen molar-refractivity contribution in [2.45, 2.75) is 45.4 Å². The van der Waals surface area contributed by atoms with Crippen LogP contribution < -0.4 is 19.9 Å². The topological polar surface area (TPSA) is 94.6 Å². The Hall–Kier alpha value is -4.24. The first-order valence-corrected chi connectivity index (χ1v) is 11.9. The molecule has 1 aliphatic heterocycles. The summed E-state index contributed by atoms with van der Waals surface area (Å²) in [6, 6.07) is 23.0. The number of benzene rings is 3. The van der Waals surface area contributed by atoms with E-state index >= 15 is 0 Å². The van der Waals surface area contributed by atoms with E-state index in [4.69, 9.17) is 19.9 Å². The van der Waals surface area contributed by atoms with E-state index in [-0.39, 0.29) is 23.8 Å². The van der Waals surface area contributed by atoms with E-state index in [2.05, 4.69) is 33.8 Å². The predicted molar refractivity (Wildman–Crippen MR) is 138 cm³/mol. The Kier molecular flexibility index (Phi) is 7.03. The van der Waals surface area contributed by atoms with Gasteiger partial charge in [0.2, 0.25) is 5.88 Å². The Morgan fingerprint density at radius 2 is 1.69 bits per heavy atom. The minimum absolute atomic E-state index is 0.0382. The van der Waals surface area contributed by atoms with Gasteiger partial charge >= 0.3 is 5.97 Å². The fourth-order valence-electron chi connectivity index (χ4n) is 4.14. The summed E-state index contributed by atoms with van der Waals surface area (Å²) in [5.41, 5.74) is 10.6. The number of nitrogens with two attached hydrogens (primary N) is 1. The Labute approximate surface area is 211 Å². The van der Waals surface area contributed by atoms with E-state index in [0.29, 0.717) is 22.8 Å².